The predicted octanol–water partition coefficient (Wildman–Crippen LogP) is 1.14. The second kappa shape index (κ2) is 6.50. The largest absolute Gasteiger partial charge is 0.496 e. The third-order valence-electron chi connectivity index (χ3n) is 3.61. The monoisotopic (exact) mass is 324 g/mol. The summed E-state index contributed by atoms with van der Waals surface area (Å²) in [6.07, 6.45) is 5.32. The fraction of sp³-hybridized carbons (Fsp3) is 0.400. The Labute approximate surface area is 130 Å². The van der Waals surface area contributed by atoms with Crippen molar-refractivity contribution in [2.24, 2.45) is 5.92 Å². The van der Waals surface area contributed by atoms with Gasteiger partial charge >= 0.3 is 0 Å². The first kappa shape index (κ1) is 16.5. The summed E-state index contributed by atoms with van der Waals surface area (Å²) in [6.45, 7) is 1.98. The van der Waals surface area contributed by atoms with Crippen LogP contribution in [0.4, 0.5) is 0 Å². The number of methoxy groups -OCH3 is 1. The molecule has 1 aliphatic heterocycles. The molecule has 1 aliphatic rings. The van der Waals surface area contributed by atoms with Crippen molar-refractivity contribution in [3.05, 3.63) is 29.8 Å². The zero-order valence-corrected chi connectivity index (χ0v) is 13.6. The first-order chi connectivity index (χ1) is 10.3. The summed E-state index contributed by atoms with van der Waals surface area (Å²) >= 11 is 0. The minimum Gasteiger partial charge on any atom is -0.496 e. The van der Waals surface area contributed by atoms with Gasteiger partial charge < -0.3 is 4.74 Å². The van der Waals surface area contributed by atoms with Gasteiger partial charge in [0.2, 0.25) is 5.91 Å². The number of benzene rings is 1. The summed E-state index contributed by atoms with van der Waals surface area (Å²) in [5, 5.41) is 0. The molecule has 2 atom stereocenters. The van der Waals surface area contributed by atoms with Gasteiger partial charge in [-0.15, -0.1) is 0 Å². The maximum Gasteiger partial charge on any atom is 0.234 e. The third-order valence-corrected chi connectivity index (χ3v) is 4.72. The van der Waals surface area contributed by atoms with E-state index in [0.717, 1.165) is 0 Å². The molecule has 22 heavy (non-hydrogen) atoms. The van der Waals surface area contributed by atoms with Crippen molar-refractivity contribution < 1.29 is 17.9 Å². The average Bonchev–Trinajstić information content (AvgIpc) is 2.45. The highest BCUT2D eigenvalue weighted by molar-refractivity contribution is 7.90. The SMILES string of the molecule is COc1ccc(S(C)(=O)=O)cc1/C=C/C1NNC(=O)CC1C. The maximum atomic E-state index is 11.7. The molecule has 0 aliphatic carbocycles. The van der Waals surface area contributed by atoms with Crippen molar-refractivity contribution in [3.8, 4) is 5.75 Å². The van der Waals surface area contributed by atoms with Gasteiger partial charge in [0.15, 0.2) is 9.84 Å². The van der Waals surface area contributed by atoms with Gasteiger partial charge in [-0.3, -0.25) is 10.2 Å². The van der Waals surface area contributed by atoms with Crippen LogP contribution in [0.25, 0.3) is 6.08 Å². The molecule has 0 aromatic heterocycles. The summed E-state index contributed by atoms with van der Waals surface area (Å²) in [5.74, 6) is 0.707. The molecular formula is C15H20N2O4S. The van der Waals surface area contributed by atoms with Gasteiger partial charge in [0.25, 0.3) is 0 Å². The number of ether oxygens (including phenoxy) is 1. The summed E-state index contributed by atoms with van der Waals surface area (Å²) in [7, 11) is -1.74. The number of hydrogen-bond donors (Lipinski definition) is 2. The Morgan fingerprint density at radius 3 is 2.68 bits per heavy atom. The Bertz CT molecular complexity index is 697. The lowest BCUT2D eigenvalue weighted by Gasteiger charge is -2.27. The molecule has 0 saturated carbocycles. The molecule has 0 spiro atoms. The molecule has 1 aromatic carbocycles. The zero-order chi connectivity index (χ0) is 16.3. The molecule has 1 saturated heterocycles. The van der Waals surface area contributed by atoms with Gasteiger partial charge in [-0.2, -0.15) is 0 Å². The predicted molar refractivity (Wildman–Crippen MR) is 84.0 cm³/mol. The number of rotatable bonds is 4. The Balaban J connectivity index is 2.27. The van der Waals surface area contributed by atoms with Gasteiger partial charge in [-0.1, -0.05) is 19.1 Å². The molecule has 2 N–H and O–H groups in total. The molecule has 2 rings (SSSR count). The van der Waals surface area contributed by atoms with Crippen molar-refractivity contribution in [1.29, 1.82) is 0 Å². The number of sulfone groups is 1. The van der Waals surface area contributed by atoms with Crippen molar-refractivity contribution in [2.45, 2.75) is 24.3 Å². The first-order valence-corrected chi connectivity index (χ1v) is 8.81. The number of nitrogens with one attached hydrogen (secondary N) is 2. The molecule has 2 unspecified atom stereocenters. The Hall–Kier alpha value is -1.86. The molecule has 1 aromatic rings. The highest BCUT2D eigenvalue weighted by Crippen LogP contribution is 2.24. The Morgan fingerprint density at radius 1 is 1.36 bits per heavy atom. The van der Waals surface area contributed by atoms with Crippen LogP contribution in [-0.4, -0.2) is 33.7 Å². The highest BCUT2D eigenvalue weighted by atomic mass is 32.2. The summed E-state index contributed by atoms with van der Waals surface area (Å²) in [5.41, 5.74) is 6.20. The normalized spacial score (nSPS) is 22.6. The van der Waals surface area contributed by atoms with Crippen LogP contribution in [0, 0.1) is 5.92 Å². The van der Waals surface area contributed by atoms with Crippen LogP contribution in [0.5, 0.6) is 5.75 Å². The van der Waals surface area contributed by atoms with E-state index in [0.29, 0.717) is 17.7 Å². The van der Waals surface area contributed by atoms with Gasteiger partial charge in [0.05, 0.1) is 12.0 Å². The molecule has 6 nitrogen and oxygen atoms in total. The van der Waals surface area contributed by atoms with E-state index in [4.69, 9.17) is 4.74 Å². The molecule has 1 heterocycles. The summed E-state index contributed by atoms with van der Waals surface area (Å²) in [6, 6.07) is 4.71. The van der Waals surface area contributed by atoms with E-state index in [2.05, 4.69) is 10.9 Å². The lowest BCUT2D eigenvalue weighted by Crippen LogP contribution is -2.52. The quantitative estimate of drug-likeness (QED) is 0.868. The Kier molecular flexibility index (Phi) is 4.87. The van der Waals surface area contributed by atoms with Crippen LogP contribution in [0.3, 0.4) is 0 Å². The second-order valence-corrected chi connectivity index (χ2v) is 7.45. The van der Waals surface area contributed by atoms with Crippen molar-refractivity contribution in [3.63, 3.8) is 0 Å². The van der Waals surface area contributed by atoms with E-state index in [1.807, 2.05) is 13.0 Å². The molecule has 120 valence electrons. The number of carbonyl (C=O) groups is 1. The maximum absolute atomic E-state index is 11.7. The highest BCUT2D eigenvalue weighted by Gasteiger charge is 2.23. The summed E-state index contributed by atoms with van der Waals surface area (Å²) in [4.78, 5) is 11.5. The van der Waals surface area contributed by atoms with Crippen LogP contribution in [0.1, 0.15) is 18.9 Å². The molecule has 1 amide bonds. The van der Waals surface area contributed by atoms with E-state index >= 15 is 0 Å². The number of amides is 1. The van der Waals surface area contributed by atoms with E-state index in [9.17, 15) is 13.2 Å². The lowest BCUT2D eigenvalue weighted by atomic mass is 9.96. The minimum absolute atomic E-state index is 0.0238. The first-order valence-electron chi connectivity index (χ1n) is 6.92. The zero-order valence-electron chi connectivity index (χ0n) is 12.8. The average molecular weight is 324 g/mol. The molecule has 0 bridgehead atoms. The van der Waals surface area contributed by atoms with E-state index in [1.165, 1.54) is 19.4 Å². The summed E-state index contributed by atoms with van der Waals surface area (Å²) < 4.78 is 28.6. The third kappa shape index (κ3) is 3.86. The van der Waals surface area contributed by atoms with Crippen LogP contribution in [0.2, 0.25) is 0 Å². The topological polar surface area (TPSA) is 84.5 Å². The van der Waals surface area contributed by atoms with Crippen molar-refractivity contribution in [2.75, 3.05) is 13.4 Å². The standard InChI is InChI=1S/C15H20N2O4S/c1-10-8-15(18)17-16-13(10)6-4-11-9-12(22(3,19)20)5-7-14(11)21-2/h4-7,9-10,13,16H,8H2,1-3H3,(H,17,18)/b6-4+. The minimum atomic E-state index is -3.27. The van der Waals surface area contributed by atoms with Crippen LogP contribution >= 0.6 is 0 Å². The van der Waals surface area contributed by atoms with E-state index < -0.39 is 9.84 Å². The van der Waals surface area contributed by atoms with Gasteiger partial charge in [0.1, 0.15) is 5.75 Å². The second-order valence-electron chi connectivity index (χ2n) is 5.43. The smallest absolute Gasteiger partial charge is 0.234 e. The fourth-order valence-electron chi connectivity index (χ4n) is 2.29. The van der Waals surface area contributed by atoms with Crippen LogP contribution in [-0.2, 0) is 14.6 Å². The molecular weight excluding hydrogens is 304 g/mol. The lowest BCUT2D eigenvalue weighted by molar-refractivity contribution is -0.125. The van der Waals surface area contributed by atoms with E-state index in [-0.39, 0.29) is 22.8 Å². The fourth-order valence-corrected chi connectivity index (χ4v) is 2.95. The molecule has 1 fully saturated rings. The van der Waals surface area contributed by atoms with Gasteiger partial charge in [-0.05, 0) is 24.1 Å². The number of hydrazine groups is 1. The van der Waals surface area contributed by atoms with E-state index in [1.54, 1.807) is 18.2 Å². The van der Waals surface area contributed by atoms with Crippen LogP contribution < -0.4 is 15.6 Å². The number of hydrogen-bond acceptors (Lipinski definition) is 5. The molecule has 0 radical (unpaired) electrons. The Morgan fingerprint density at radius 2 is 2.09 bits per heavy atom. The van der Waals surface area contributed by atoms with Crippen molar-refractivity contribution in [1.82, 2.24) is 10.9 Å². The van der Waals surface area contributed by atoms with Crippen LogP contribution in [0.15, 0.2) is 29.2 Å². The van der Waals surface area contributed by atoms with Crippen molar-refractivity contribution >= 4 is 21.8 Å². The molecule has 7 heteroatoms. The van der Waals surface area contributed by atoms with Gasteiger partial charge in [0, 0.05) is 24.3 Å². The van der Waals surface area contributed by atoms with Gasteiger partial charge in [-0.25, -0.2) is 13.8 Å². The number of carbonyl (C=O) groups excluding carboxylic acids is 1.